The Morgan fingerprint density at radius 1 is 1.40 bits per heavy atom. The summed E-state index contributed by atoms with van der Waals surface area (Å²) in [6.45, 7) is 1.69. The van der Waals surface area contributed by atoms with Gasteiger partial charge in [-0.15, -0.1) is 0 Å². The van der Waals surface area contributed by atoms with Crippen LogP contribution in [-0.4, -0.2) is 18.8 Å². The molecule has 0 saturated heterocycles. The molecule has 0 aromatic carbocycles. The van der Waals surface area contributed by atoms with E-state index in [1.165, 1.54) is 12.8 Å². The van der Waals surface area contributed by atoms with Crippen molar-refractivity contribution in [2.75, 3.05) is 13.2 Å². The van der Waals surface area contributed by atoms with Crippen molar-refractivity contribution in [2.24, 2.45) is 17.6 Å². The highest BCUT2D eigenvalue weighted by Gasteiger charge is 2.39. The van der Waals surface area contributed by atoms with Gasteiger partial charge in [0.25, 0.3) is 0 Å². The maximum Gasteiger partial charge on any atom is 0.107 e. The Morgan fingerprint density at radius 2 is 2.20 bits per heavy atom. The second-order valence-electron chi connectivity index (χ2n) is 5.05. The van der Waals surface area contributed by atoms with E-state index in [0.717, 1.165) is 44.8 Å². The lowest BCUT2D eigenvalue weighted by Gasteiger charge is -2.23. The highest BCUT2D eigenvalue weighted by atomic mass is 16.5. The molecular formula is C12H20N2O. The summed E-state index contributed by atoms with van der Waals surface area (Å²) in [7, 11) is 0. The summed E-state index contributed by atoms with van der Waals surface area (Å²) in [5.74, 6) is 1.17. The van der Waals surface area contributed by atoms with Gasteiger partial charge in [-0.05, 0) is 43.9 Å². The first kappa shape index (κ1) is 10.9. The Bertz CT molecular complexity index is 257. The first-order valence-electron chi connectivity index (χ1n) is 6.02. The van der Waals surface area contributed by atoms with Crippen LogP contribution in [0, 0.1) is 23.2 Å². The van der Waals surface area contributed by atoms with Crippen LogP contribution in [0.5, 0.6) is 0 Å². The normalized spacial score (nSPS) is 35.3. The second kappa shape index (κ2) is 4.51. The Labute approximate surface area is 91.6 Å². The van der Waals surface area contributed by atoms with Crippen LogP contribution in [0.25, 0.3) is 0 Å². The third-order valence-corrected chi connectivity index (χ3v) is 3.74. The molecule has 0 aromatic heterocycles. The molecule has 0 aromatic rings. The molecule has 3 heteroatoms. The van der Waals surface area contributed by atoms with Gasteiger partial charge in [-0.2, -0.15) is 5.26 Å². The van der Waals surface area contributed by atoms with Gasteiger partial charge in [0.1, 0.15) is 5.54 Å². The lowest BCUT2D eigenvalue weighted by Crippen LogP contribution is -2.42. The highest BCUT2D eigenvalue weighted by Crippen LogP contribution is 2.35. The van der Waals surface area contributed by atoms with Crippen molar-refractivity contribution in [1.82, 2.24) is 0 Å². The van der Waals surface area contributed by atoms with Gasteiger partial charge in [-0.3, -0.25) is 0 Å². The van der Waals surface area contributed by atoms with Crippen LogP contribution in [0.3, 0.4) is 0 Å². The van der Waals surface area contributed by atoms with E-state index in [0.29, 0.717) is 5.92 Å². The number of hydrogen-bond acceptors (Lipinski definition) is 3. The average Bonchev–Trinajstić information content (AvgIpc) is 2.99. The molecule has 2 atom stereocenters. The zero-order valence-electron chi connectivity index (χ0n) is 9.24. The van der Waals surface area contributed by atoms with Gasteiger partial charge in [0, 0.05) is 13.2 Å². The van der Waals surface area contributed by atoms with Gasteiger partial charge in [-0.25, -0.2) is 0 Å². The first-order valence-corrected chi connectivity index (χ1v) is 6.02. The highest BCUT2D eigenvalue weighted by molar-refractivity contribution is 5.11. The summed E-state index contributed by atoms with van der Waals surface area (Å²) in [4.78, 5) is 0. The fourth-order valence-electron chi connectivity index (χ4n) is 2.41. The van der Waals surface area contributed by atoms with Gasteiger partial charge in [0.05, 0.1) is 6.07 Å². The molecule has 2 saturated carbocycles. The molecule has 0 aliphatic heterocycles. The molecule has 0 heterocycles. The summed E-state index contributed by atoms with van der Waals surface area (Å²) in [6.07, 6.45) is 6.67. The number of rotatable bonds is 5. The van der Waals surface area contributed by atoms with Gasteiger partial charge in [0.2, 0.25) is 0 Å². The number of nitriles is 1. The summed E-state index contributed by atoms with van der Waals surface area (Å²) < 4.78 is 5.59. The van der Waals surface area contributed by atoms with E-state index in [1.54, 1.807) is 0 Å². The molecule has 3 nitrogen and oxygen atoms in total. The van der Waals surface area contributed by atoms with Gasteiger partial charge < -0.3 is 10.5 Å². The van der Waals surface area contributed by atoms with E-state index in [2.05, 4.69) is 6.07 Å². The molecule has 2 aliphatic rings. The Hall–Kier alpha value is -0.590. The third kappa shape index (κ3) is 2.70. The van der Waals surface area contributed by atoms with Crippen LogP contribution in [0.2, 0.25) is 0 Å². The minimum atomic E-state index is -0.567. The van der Waals surface area contributed by atoms with E-state index in [1.807, 2.05) is 0 Å². The molecular weight excluding hydrogens is 188 g/mol. The predicted octanol–water partition coefficient (Wildman–Crippen LogP) is 1.82. The van der Waals surface area contributed by atoms with Crippen molar-refractivity contribution >= 4 is 0 Å². The van der Waals surface area contributed by atoms with Crippen LogP contribution in [0.4, 0.5) is 0 Å². The maximum atomic E-state index is 9.03. The van der Waals surface area contributed by atoms with E-state index in [9.17, 15) is 0 Å². The minimum absolute atomic E-state index is 0.349. The van der Waals surface area contributed by atoms with E-state index >= 15 is 0 Å². The fraction of sp³-hybridized carbons (Fsp3) is 0.917. The monoisotopic (exact) mass is 208 g/mol. The third-order valence-electron chi connectivity index (χ3n) is 3.74. The van der Waals surface area contributed by atoms with Gasteiger partial charge >= 0.3 is 0 Å². The van der Waals surface area contributed by atoms with Crippen LogP contribution < -0.4 is 5.73 Å². The lowest BCUT2D eigenvalue weighted by atomic mass is 9.87. The molecule has 0 radical (unpaired) electrons. The topological polar surface area (TPSA) is 59.0 Å². The molecule has 2 aliphatic carbocycles. The maximum absolute atomic E-state index is 9.03. The molecule has 2 fully saturated rings. The summed E-state index contributed by atoms with van der Waals surface area (Å²) in [6, 6.07) is 2.27. The molecule has 0 bridgehead atoms. The van der Waals surface area contributed by atoms with Crippen LogP contribution in [0.15, 0.2) is 0 Å². The summed E-state index contributed by atoms with van der Waals surface area (Å²) in [5.41, 5.74) is 5.47. The van der Waals surface area contributed by atoms with Crippen LogP contribution >= 0.6 is 0 Å². The van der Waals surface area contributed by atoms with Gasteiger partial charge in [0.15, 0.2) is 0 Å². The molecule has 0 spiro atoms. The van der Waals surface area contributed by atoms with Crippen molar-refractivity contribution in [3.05, 3.63) is 0 Å². The van der Waals surface area contributed by atoms with Crippen molar-refractivity contribution < 1.29 is 4.74 Å². The Kier molecular flexibility index (Phi) is 3.28. The number of nitrogens with two attached hydrogens (primary N) is 1. The fourth-order valence-corrected chi connectivity index (χ4v) is 2.41. The molecule has 0 amide bonds. The molecule has 2 rings (SSSR count). The van der Waals surface area contributed by atoms with E-state index in [4.69, 9.17) is 15.7 Å². The van der Waals surface area contributed by atoms with Crippen molar-refractivity contribution in [3.63, 3.8) is 0 Å². The van der Waals surface area contributed by atoms with Crippen molar-refractivity contribution in [3.8, 4) is 6.07 Å². The zero-order chi connectivity index (χ0) is 10.7. The molecule has 15 heavy (non-hydrogen) atoms. The van der Waals surface area contributed by atoms with Crippen molar-refractivity contribution in [1.29, 1.82) is 5.26 Å². The van der Waals surface area contributed by atoms with Gasteiger partial charge in [-0.1, -0.05) is 6.42 Å². The average molecular weight is 208 g/mol. The largest absolute Gasteiger partial charge is 0.381 e. The smallest absolute Gasteiger partial charge is 0.107 e. The van der Waals surface area contributed by atoms with E-state index in [-0.39, 0.29) is 0 Å². The first-order chi connectivity index (χ1) is 7.24. The van der Waals surface area contributed by atoms with E-state index < -0.39 is 5.54 Å². The second-order valence-corrected chi connectivity index (χ2v) is 5.05. The number of ether oxygens (including phenoxy) is 1. The summed E-state index contributed by atoms with van der Waals surface area (Å²) in [5, 5.41) is 9.03. The quantitative estimate of drug-likeness (QED) is 0.701. The Balaban J connectivity index is 1.66. The minimum Gasteiger partial charge on any atom is -0.381 e. The van der Waals surface area contributed by atoms with Crippen LogP contribution in [0.1, 0.15) is 38.5 Å². The van der Waals surface area contributed by atoms with Crippen molar-refractivity contribution in [2.45, 2.75) is 44.1 Å². The standard InChI is InChI=1S/C12H20N2O/c13-9-12(14)6-1-2-11(12)5-7-15-8-10-3-4-10/h10-11H,1-8,14H2. The SMILES string of the molecule is N#CC1(N)CCCC1CCOCC1CC1. The predicted molar refractivity (Wildman–Crippen MR) is 58.0 cm³/mol. The lowest BCUT2D eigenvalue weighted by molar-refractivity contribution is 0.106. The number of nitrogens with zero attached hydrogens (tertiary/aromatic N) is 1. The zero-order valence-corrected chi connectivity index (χ0v) is 9.24. The summed E-state index contributed by atoms with van der Waals surface area (Å²) >= 11 is 0. The molecule has 2 unspecified atom stereocenters. The Morgan fingerprint density at radius 3 is 2.87 bits per heavy atom. The number of hydrogen-bond donors (Lipinski definition) is 1. The molecule has 2 N–H and O–H groups in total. The van der Waals surface area contributed by atoms with Crippen LogP contribution in [-0.2, 0) is 4.74 Å². The molecule has 84 valence electrons.